The monoisotopic (exact) mass is 272 g/mol. The summed E-state index contributed by atoms with van der Waals surface area (Å²) in [5, 5.41) is 9.71. The summed E-state index contributed by atoms with van der Waals surface area (Å²) in [7, 11) is 1.34. The number of carbonyl (C=O) groups is 1. The van der Waals surface area contributed by atoms with Crippen molar-refractivity contribution in [2.75, 3.05) is 7.11 Å². The molecule has 0 amide bonds. The van der Waals surface area contributed by atoms with Crippen LogP contribution in [-0.2, 0) is 11.2 Å². The van der Waals surface area contributed by atoms with Crippen LogP contribution < -0.4 is 0 Å². The summed E-state index contributed by atoms with van der Waals surface area (Å²) >= 11 is 3.21. The largest absolute Gasteiger partial charge is 0.506 e. The fourth-order valence-electron chi connectivity index (χ4n) is 1.35. The van der Waals surface area contributed by atoms with Gasteiger partial charge in [-0.3, -0.25) is 0 Å². The van der Waals surface area contributed by atoms with Crippen molar-refractivity contribution in [3.63, 3.8) is 0 Å². The predicted octanol–water partition coefficient (Wildman–Crippen LogP) is 2.89. The van der Waals surface area contributed by atoms with E-state index in [1.807, 2.05) is 6.92 Å². The van der Waals surface area contributed by atoms with Crippen molar-refractivity contribution in [2.45, 2.75) is 19.8 Å². The molecule has 0 heterocycles. The summed E-state index contributed by atoms with van der Waals surface area (Å²) in [6, 6.07) is 3.22. The van der Waals surface area contributed by atoms with Crippen LogP contribution in [0.3, 0.4) is 0 Å². The lowest BCUT2D eigenvalue weighted by Gasteiger charge is -2.07. The van der Waals surface area contributed by atoms with E-state index < -0.39 is 5.97 Å². The van der Waals surface area contributed by atoms with Crippen LogP contribution in [0.2, 0.25) is 0 Å². The quantitative estimate of drug-likeness (QED) is 0.861. The molecular formula is C11H13BrO3. The molecule has 0 aliphatic heterocycles. The van der Waals surface area contributed by atoms with E-state index in [9.17, 15) is 9.90 Å². The molecular weight excluding hydrogens is 260 g/mol. The highest BCUT2D eigenvalue weighted by molar-refractivity contribution is 9.10. The van der Waals surface area contributed by atoms with Crippen LogP contribution in [0.4, 0.5) is 0 Å². The van der Waals surface area contributed by atoms with Crippen LogP contribution in [0.25, 0.3) is 0 Å². The first-order valence-corrected chi connectivity index (χ1v) is 5.49. The molecule has 3 nitrogen and oxygen atoms in total. The molecule has 15 heavy (non-hydrogen) atoms. The minimum absolute atomic E-state index is 0.199. The number of aryl methyl sites for hydroxylation is 1. The lowest BCUT2D eigenvalue weighted by atomic mass is 10.1. The fraction of sp³-hybridized carbons (Fsp3) is 0.364. The Labute approximate surface area is 97.2 Å². The number of halogens is 1. The van der Waals surface area contributed by atoms with Crippen molar-refractivity contribution < 1.29 is 14.6 Å². The smallest absolute Gasteiger partial charge is 0.337 e. The normalized spacial score (nSPS) is 10.1. The van der Waals surface area contributed by atoms with Crippen LogP contribution in [0.5, 0.6) is 5.75 Å². The third kappa shape index (κ3) is 2.72. The zero-order chi connectivity index (χ0) is 11.4. The number of methoxy groups -OCH3 is 1. The first-order chi connectivity index (χ1) is 7.10. The van der Waals surface area contributed by atoms with E-state index in [4.69, 9.17) is 0 Å². The fourth-order valence-corrected chi connectivity index (χ4v) is 1.85. The Bertz CT molecular complexity index is 374. The molecule has 1 aromatic rings. The van der Waals surface area contributed by atoms with Gasteiger partial charge in [-0.2, -0.15) is 0 Å². The minimum atomic E-state index is -0.395. The summed E-state index contributed by atoms with van der Waals surface area (Å²) in [4.78, 5) is 11.3. The molecule has 0 saturated heterocycles. The number of ether oxygens (including phenoxy) is 1. The summed E-state index contributed by atoms with van der Waals surface area (Å²) in [5.74, 6) is -0.197. The Hall–Kier alpha value is -1.03. The number of hydrogen-bond donors (Lipinski definition) is 1. The van der Waals surface area contributed by atoms with Gasteiger partial charge in [0.05, 0.1) is 17.1 Å². The summed E-state index contributed by atoms with van der Waals surface area (Å²) in [6.45, 7) is 2.01. The minimum Gasteiger partial charge on any atom is -0.506 e. The second kappa shape index (κ2) is 5.16. The Morgan fingerprint density at radius 2 is 2.20 bits per heavy atom. The van der Waals surface area contributed by atoms with Gasteiger partial charge in [0.25, 0.3) is 0 Å². The van der Waals surface area contributed by atoms with E-state index in [-0.39, 0.29) is 5.75 Å². The second-order valence-corrected chi connectivity index (χ2v) is 4.06. The Morgan fingerprint density at radius 3 is 2.73 bits per heavy atom. The molecule has 0 unspecified atom stereocenters. The zero-order valence-electron chi connectivity index (χ0n) is 8.71. The lowest BCUT2D eigenvalue weighted by molar-refractivity contribution is 0.0600. The topological polar surface area (TPSA) is 46.5 Å². The van der Waals surface area contributed by atoms with E-state index in [1.165, 1.54) is 7.11 Å². The standard InChI is InChI=1S/C11H13BrO3/c1-3-4-7-5-8(11(14)15-2)6-9(12)10(7)13/h5-6,13H,3-4H2,1-2H3. The van der Waals surface area contributed by atoms with Crippen molar-refractivity contribution in [1.29, 1.82) is 0 Å². The zero-order valence-corrected chi connectivity index (χ0v) is 10.3. The number of rotatable bonds is 3. The van der Waals surface area contributed by atoms with Crippen LogP contribution >= 0.6 is 15.9 Å². The molecule has 82 valence electrons. The van der Waals surface area contributed by atoms with Crippen molar-refractivity contribution in [3.8, 4) is 5.75 Å². The van der Waals surface area contributed by atoms with E-state index in [1.54, 1.807) is 12.1 Å². The maximum atomic E-state index is 11.3. The van der Waals surface area contributed by atoms with Crippen LogP contribution in [0.15, 0.2) is 16.6 Å². The van der Waals surface area contributed by atoms with E-state index in [0.717, 1.165) is 18.4 Å². The number of aromatic hydroxyl groups is 1. The Balaban J connectivity index is 3.16. The molecule has 1 rings (SSSR count). The highest BCUT2D eigenvalue weighted by atomic mass is 79.9. The maximum absolute atomic E-state index is 11.3. The molecule has 1 aromatic carbocycles. The van der Waals surface area contributed by atoms with Gasteiger partial charge in [-0.05, 0) is 40.0 Å². The van der Waals surface area contributed by atoms with Gasteiger partial charge < -0.3 is 9.84 Å². The third-order valence-electron chi connectivity index (χ3n) is 2.08. The molecule has 0 saturated carbocycles. The summed E-state index contributed by atoms with van der Waals surface area (Å²) in [5.41, 5.74) is 1.21. The van der Waals surface area contributed by atoms with Gasteiger partial charge >= 0.3 is 5.97 Å². The molecule has 1 N–H and O–H groups in total. The Kier molecular flexibility index (Phi) is 4.15. The highest BCUT2D eigenvalue weighted by Crippen LogP contribution is 2.30. The van der Waals surface area contributed by atoms with Crippen molar-refractivity contribution >= 4 is 21.9 Å². The van der Waals surface area contributed by atoms with E-state index in [2.05, 4.69) is 20.7 Å². The van der Waals surface area contributed by atoms with Gasteiger partial charge in [-0.25, -0.2) is 4.79 Å². The molecule has 0 aromatic heterocycles. The average Bonchev–Trinajstić information content (AvgIpc) is 2.23. The van der Waals surface area contributed by atoms with Crippen LogP contribution in [0.1, 0.15) is 29.3 Å². The first-order valence-electron chi connectivity index (χ1n) is 4.69. The molecule has 0 aliphatic carbocycles. The molecule has 4 heteroatoms. The van der Waals surface area contributed by atoms with E-state index in [0.29, 0.717) is 10.0 Å². The Morgan fingerprint density at radius 1 is 1.53 bits per heavy atom. The number of phenols is 1. The molecule has 0 fully saturated rings. The third-order valence-corrected chi connectivity index (χ3v) is 2.69. The number of esters is 1. The molecule has 0 bridgehead atoms. The van der Waals surface area contributed by atoms with Crippen molar-refractivity contribution in [3.05, 3.63) is 27.7 Å². The SMILES string of the molecule is CCCc1cc(C(=O)OC)cc(Br)c1O. The summed E-state index contributed by atoms with van der Waals surface area (Å²) in [6.07, 6.45) is 1.64. The number of phenolic OH excluding ortho intramolecular Hbond substituents is 1. The van der Waals surface area contributed by atoms with Gasteiger partial charge in [-0.1, -0.05) is 13.3 Å². The molecule has 0 spiro atoms. The lowest BCUT2D eigenvalue weighted by Crippen LogP contribution is -2.02. The predicted molar refractivity (Wildman–Crippen MR) is 61.1 cm³/mol. The number of hydrogen-bond acceptors (Lipinski definition) is 3. The molecule has 0 atom stereocenters. The second-order valence-electron chi connectivity index (χ2n) is 3.21. The van der Waals surface area contributed by atoms with Crippen molar-refractivity contribution in [2.24, 2.45) is 0 Å². The molecule has 0 aliphatic rings. The maximum Gasteiger partial charge on any atom is 0.337 e. The van der Waals surface area contributed by atoms with Crippen molar-refractivity contribution in [1.82, 2.24) is 0 Å². The molecule has 0 radical (unpaired) electrons. The van der Waals surface area contributed by atoms with E-state index >= 15 is 0 Å². The van der Waals surface area contributed by atoms with Gasteiger partial charge in [0, 0.05) is 0 Å². The highest BCUT2D eigenvalue weighted by Gasteiger charge is 2.12. The van der Waals surface area contributed by atoms with Gasteiger partial charge in [0.15, 0.2) is 0 Å². The van der Waals surface area contributed by atoms with Crippen LogP contribution in [0, 0.1) is 0 Å². The first kappa shape index (κ1) is 12.0. The summed E-state index contributed by atoms with van der Waals surface area (Å²) < 4.78 is 5.14. The average molecular weight is 273 g/mol. The van der Waals surface area contributed by atoms with Crippen LogP contribution in [-0.4, -0.2) is 18.2 Å². The van der Waals surface area contributed by atoms with Gasteiger partial charge in [0.2, 0.25) is 0 Å². The van der Waals surface area contributed by atoms with Gasteiger partial charge in [0.1, 0.15) is 5.75 Å². The number of carbonyl (C=O) groups excluding carboxylic acids is 1. The van der Waals surface area contributed by atoms with Gasteiger partial charge in [-0.15, -0.1) is 0 Å². The number of benzene rings is 1.